The van der Waals surface area contributed by atoms with Gasteiger partial charge in [-0.3, -0.25) is 9.48 Å². The molecular formula is C17H20F3N3O3S. The Morgan fingerprint density at radius 3 is 2.81 bits per heavy atom. The molecule has 2 aromatic heterocycles. The first kappa shape index (κ1) is 19.7. The second kappa shape index (κ2) is 7.51. The second-order valence-electron chi connectivity index (χ2n) is 6.30. The number of hydrogen-bond acceptors (Lipinski definition) is 5. The van der Waals surface area contributed by atoms with Crippen LogP contribution in [0.3, 0.4) is 0 Å². The van der Waals surface area contributed by atoms with Crippen molar-refractivity contribution in [3.63, 3.8) is 0 Å². The Hall–Kier alpha value is -2.07. The van der Waals surface area contributed by atoms with Crippen molar-refractivity contribution in [2.75, 3.05) is 26.9 Å². The van der Waals surface area contributed by atoms with Crippen molar-refractivity contribution in [2.45, 2.75) is 32.6 Å². The highest BCUT2D eigenvalue weighted by atomic mass is 32.1. The van der Waals surface area contributed by atoms with E-state index in [0.717, 1.165) is 4.68 Å². The highest BCUT2D eigenvalue weighted by molar-refractivity contribution is 7.12. The number of ether oxygens (including phenoxy) is 2. The van der Waals surface area contributed by atoms with Gasteiger partial charge in [-0.15, -0.1) is 11.3 Å². The van der Waals surface area contributed by atoms with Crippen LogP contribution in [0.25, 0.3) is 0 Å². The molecule has 10 heteroatoms. The van der Waals surface area contributed by atoms with Crippen LogP contribution in [0, 0.1) is 13.8 Å². The molecule has 1 aliphatic rings. The Balaban J connectivity index is 1.93. The van der Waals surface area contributed by atoms with Gasteiger partial charge in [-0.25, -0.2) is 0 Å². The number of carbonyl (C=O) groups is 1. The lowest BCUT2D eigenvalue weighted by atomic mass is 10.0. The van der Waals surface area contributed by atoms with E-state index in [4.69, 9.17) is 9.47 Å². The smallest absolute Gasteiger partial charge is 0.408 e. The van der Waals surface area contributed by atoms with E-state index in [0.29, 0.717) is 40.7 Å². The lowest BCUT2D eigenvalue weighted by Crippen LogP contribution is -2.43. The number of morpholine rings is 1. The van der Waals surface area contributed by atoms with E-state index >= 15 is 0 Å². The molecule has 1 atom stereocenters. The van der Waals surface area contributed by atoms with Gasteiger partial charge in [0, 0.05) is 29.2 Å². The number of amides is 1. The van der Waals surface area contributed by atoms with Crippen LogP contribution in [0.4, 0.5) is 13.2 Å². The topological polar surface area (TPSA) is 56.6 Å². The van der Waals surface area contributed by atoms with Crippen LogP contribution in [0.1, 0.15) is 32.7 Å². The van der Waals surface area contributed by atoms with Crippen molar-refractivity contribution >= 4 is 17.2 Å². The summed E-state index contributed by atoms with van der Waals surface area (Å²) in [6.07, 6.45) is -4.37. The monoisotopic (exact) mass is 403 g/mol. The maximum absolute atomic E-state index is 13.0. The fourth-order valence-corrected chi connectivity index (χ4v) is 4.09. The van der Waals surface area contributed by atoms with Crippen LogP contribution >= 0.6 is 11.3 Å². The van der Waals surface area contributed by atoms with E-state index in [2.05, 4.69) is 5.10 Å². The maximum atomic E-state index is 13.0. The Bertz CT molecular complexity index is 831. The third-order valence-corrected chi connectivity index (χ3v) is 5.41. The van der Waals surface area contributed by atoms with Crippen molar-refractivity contribution in [2.24, 2.45) is 0 Å². The third-order valence-electron chi connectivity index (χ3n) is 4.51. The van der Waals surface area contributed by atoms with Crippen molar-refractivity contribution < 1.29 is 27.4 Å². The zero-order chi connectivity index (χ0) is 19.8. The summed E-state index contributed by atoms with van der Waals surface area (Å²) in [6.45, 7) is 3.02. The first-order valence-corrected chi connectivity index (χ1v) is 9.21. The summed E-state index contributed by atoms with van der Waals surface area (Å²) in [4.78, 5) is 15.1. The molecule has 3 rings (SSSR count). The number of aryl methyl sites for hydroxylation is 1. The van der Waals surface area contributed by atoms with Crippen LogP contribution in [-0.2, 0) is 11.3 Å². The minimum atomic E-state index is -4.37. The molecule has 1 aliphatic heterocycles. The predicted molar refractivity (Wildman–Crippen MR) is 93.2 cm³/mol. The number of hydrogen-bond donors (Lipinski definition) is 0. The number of nitrogens with zero attached hydrogens (tertiary/aromatic N) is 3. The largest absolute Gasteiger partial charge is 0.496 e. The number of alkyl halides is 3. The molecule has 148 valence electrons. The number of methoxy groups -OCH3 is 1. The van der Waals surface area contributed by atoms with Gasteiger partial charge in [0.2, 0.25) is 0 Å². The van der Waals surface area contributed by atoms with E-state index in [-0.39, 0.29) is 12.5 Å². The van der Waals surface area contributed by atoms with Crippen molar-refractivity contribution in [1.29, 1.82) is 0 Å². The summed E-state index contributed by atoms with van der Waals surface area (Å²) in [5.41, 5.74) is 1.46. The number of rotatable bonds is 4. The SMILES string of the molecule is COc1csc(C(=O)N2CCOCC2c2c(C)nn(CC(F)(F)F)c2C)c1. The van der Waals surface area contributed by atoms with Crippen LogP contribution in [-0.4, -0.2) is 53.6 Å². The van der Waals surface area contributed by atoms with Crippen molar-refractivity contribution in [1.82, 2.24) is 14.7 Å². The Kier molecular flexibility index (Phi) is 5.48. The first-order valence-electron chi connectivity index (χ1n) is 8.33. The molecule has 0 aliphatic carbocycles. The zero-order valence-corrected chi connectivity index (χ0v) is 16.0. The quantitative estimate of drug-likeness (QED) is 0.786. The van der Waals surface area contributed by atoms with Crippen LogP contribution in [0.15, 0.2) is 11.4 Å². The van der Waals surface area contributed by atoms with E-state index in [1.807, 2.05) is 0 Å². The Morgan fingerprint density at radius 1 is 1.44 bits per heavy atom. The molecule has 1 saturated heterocycles. The van der Waals surface area contributed by atoms with Crippen LogP contribution in [0.5, 0.6) is 5.75 Å². The molecule has 1 unspecified atom stereocenters. The minimum Gasteiger partial charge on any atom is -0.496 e. The van der Waals surface area contributed by atoms with E-state index < -0.39 is 18.8 Å². The minimum absolute atomic E-state index is 0.195. The second-order valence-corrected chi connectivity index (χ2v) is 7.21. The normalized spacial score (nSPS) is 18.0. The summed E-state index contributed by atoms with van der Waals surface area (Å²) < 4.78 is 50.0. The molecule has 3 heterocycles. The molecule has 2 aromatic rings. The molecular weight excluding hydrogens is 383 g/mol. The lowest BCUT2D eigenvalue weighted by molar-refractivity contribution is -0.143. The van der Waals surface area contributed by atoms with Gasteiger partial charge in [-0.2, -0.15) is 18.3 Å². The standard InChI is InChI=1S/C17H20F3N3O3S/c1-10-15(11(2)23(21-10)9-17(18,19)20)13-7-26-5-4-22(13)16(24)14-6-12(25-3)8-27-14/h6,8,13H,4-5,7,9H2,1-3H3. The summed E-state index contributed by atoms with van der Waals surface area (Å²) in [5, 5.41) is 5.78. The van der Waals surface area contributed by atoms with Gasteiger partial charge >= 0.3 is 6.18 Å². The first-order chi connectivity index (χ1) is 12.7. The van der Waals surface area contributed by atoms with Gasteiger partial charge in [0.25, 0.3) is 5.91 Å². The number of carbonyl (C=O) groups excluding carboxylic acids is 1. The van der Waals surface area contributed by atoms with Gasteiger partial charge in [-0.1, -0.05) is 0 Å². The van der Waals surface area contributed by atoms with Gasteiger partial charge in [0.15, 0.2) is 0 Å². The predicted octanol–water partition coefficient (Wildman–Crippen LogP) is 3.35. The molecule has 0 aromatic carbocycles. The van der Waals surface area contributed by atoms with Gasteiger partial charge < -0.3 is 14.4 Å². The van der Waals surface area contributed by atoms with Crippen molar-refractivity contribution in [3.8, 4) is 5.75 Å². The highest BCUT2D eigenvalue weighted by Gasteiger charge is 2.36. The summed E-state index contributed by atoms with van der Waals surface area (Å²) >= 11 is 1.27. The fraction of sp³-hybridized carbons (Fsp3) is 0.529. The average molecular weight is 403 g/mol. The Labute approximate surface area is 158 Å². The van der Waals surface area contributed by atoms with E-state index in [1.54, 1.807) is 30.2 Å². The average Bonchev–Trinajstić information content (AvgIpc) is 3.18. The van der Waals surface area contributed by atoms with Gasteiger partial charge in [0.1, 0.15) is 12.3 Å². The van der Waals surface area contributed by atoms with Crippen molar-refractivity contribution in [3.05, 3.63) is 33.3 Å². The molecule has 1 fully saturated rings. The molecule has 6 nitrogen and oxygen atoms in total. The fourth-order valence-electron chi connectivity index (χ4n) is 3.28. The number of thiophene rings is 1. The maximum Gasteiger partial charge on any atom is 0.408 e. The highest BCUT2D eigenvalue weighted by Crippen LogP contribution is 2.33. The summed E-state index contributed by atoms with van der Waals surface area (Å²) in [5.74, 6) is 0.400. The third kappa shape index (κ3) is 4.11. The summed E-state index contributed by atoms with van der Waals surface area (Å²) in [6, 6.07) is 1.17. The van der Waals surface area contributed by atoms with E-state index in [9.17, 15) is 18.0 Å². The lowest BCUT2D eigenvalue weighted by Gasteiger charge is -2.35. The molecule has 27 heavy (non-hydrogen) atoms. The molecule has 0 saturated carbocycles. The van der Waals surface area contributed by atoms with Crippen LogP contribution < -0.4 is 4.74 Å². The Morgan fingerprint density at radius 2 is 2.19 bits per heavy atom. The number of halogens is 3. The summed E-state index contributed by atoms with van der Waals surface area (Å²) in [7, 11) is 1.52. The molecule has 0 spiro atoms. The van der Waals surface area contributed by atoms with E-state index in [1.165, 1.54) is 18.4 Å². The molecule has 0 N–H and O–H groups in total. The number of aromatic nitrogens is 2. The van der Waals surface area contributed by atoms with Gasteiger partial charge in [-0.05, 0) is 13.8 Å². The zero-order valence-electron chi connectivity index (χ0n) is 15.2. The molecule has 0 radical (unpaired) electrons. The molecule has 1 amide bonds. The van der Waals surface area contributed by atoms with Crippen LogP contribution in [0.2, 0.25) is 0 Å². The molecule has 0 bridgehead atoms. The van der Waals surface area contributed by atoms with Gasteiger partial charge in [0.05, 0.1) is 36.9 Å².